The highest BCUT2D eigenvalue weighted by Crippen LogP contribution is 2.34. The molecule has 0 bridgehead atoms. The molecule has 1 atom stereocenters. The number of amides is 1. The highest BCUT2D eigenvalue weighted by Gasteiger charge is 2.36. The lowest BCUT2D eigenvalue weighted by atomic mass is 10.2. The summed E-state index contributed by atoms with van der Waals surface area (Å²) >= 11 is 1.41. The Morgan fingerprint density at radius 1 is 1.19 bits per heavy atom. The minimum Gasteiger partial charge on any atom is -0.401 e. The smallest absolute Gasteiger partial charge is 0.401 e. The molecule has 1 amide bonds. The molecule has 5 rings (SSSR count). The number of anilines is 2. The van der Waals surface area contributed by atoms with Gasteiger partial charge in [0, 0.05) is 12.6 Å². The number of carbonyl (C=O) groups excluding carboxylic acids is 1. The number of rotatable bonds is 7. The Morgan fingerprint density at radius 2 is 2.00 bits per heavy atom. The zero-order valence-corrected chi connectivity index (χ0v) is 20.0. The maximum Gasteiger partial charge on any atom is 0.435 e. The number of nitrogens with one attached hydrogen (secondary N) is 2. The van der Waals surface area contributed by atoms with Crippen LogP contribution in [-0.2, 0) is 17.5 Å². The first kappa shape index (κ1) is 24.4. The zero-order valence-electron chi connectivity index (χ0n) is 19.2. The lowest BCUT2D eigenvalue weighted by Gasteiger charge is -2.10. The lowest BCUT2D eigenvalue weighted by molar-refractivity contribution is -0.141. The van der Waals surface area contributed by atoms with Crippen molar-refractivity contribution < 1.29 is 22.4 Å². The van der Waals surface area contributed by atoms with Crippen molar-refractivity contribution in [1.82, 2.24) is 30.3 Å². The summed E-state index contributed by atoms with van der Waals surface area (Å²) in [5.41, 5.74) is 8.46. The molecule has 37 heavy (non-hydrogen) atoms. The Kier molecular flexibility index (Phi) is 6.35. The predicted octanol–water partition coefficient (Wildman–Crippen LogP) is 4.26. The molecule has 190 valence electrons. The molecular weight excluding hydrogens is 509 g/mol. The molecule has 0 aliphatic rings. The van der Waals surface area contributed by atoms with Crippen LogP contribution in [0.15, 0.2) is 58.5 Å². The van der Waals surface area contributed by atoms with E-state index in [9.17, 15) is 18.0 Å². The van der Waals surface area contributed by atoms with Gasteiger partial charge in [-0.05, 0) is 36.8 Å². The van der Waals surface area contributed by atoms with Crippen molar-refractivity contribution in [2.45, 2.75) is 25.7 Å². The number of nitrogens with two attached hydrogens (primary N) is 1. The standard InChI is InChI=1S/C23H19F3N8O2S/c1-12(27)20(35)28-10-13-4-2-5-14(8-13)34-17(9-18(33-34)23(24,25)26)21-31-32-22(36-21)30-16-7-3-6-15-19(16)37-11-29-15/h2-9,11-12H,10,27H2,1H3,(H,28,35)(H,30,32)/t12-/m0/s1. The number of hydrogen-bond donors (Lipinski definition) is 3. The van der Waals surface area contributed by atoms with E-state index in [4.69, 9.17) is 10.2 Å². The van der Waals surface area contributed by atoms with E-state index in [1.165, 1.54) is 11.3 Å². The van der Waals surface area contributed by atoms with E-state index < -0.39 is 17.9 Å². The van der Waals surface area contributed by atoms with E-state index in [1.54, 1.807) is 48.8 Å². The summed E-state index contributed by atoms with van der Waals surface area (Å²) in [5, 5.41) is 17.3. The molecule has 0 aliphatic heterocycles. The van der Waals surface area contributed by atoms with Gasteiger partial charge >= 0.3 is 12.2 Å². The molecule has 3 aromatic heterocycles. The fourth-order valence-electron chi connectivity index (χ4n) is 3.49. The minimum absolute atomic E-state index is 0.00965. The van der Waals surface area contributed by atoms with Gasteiger partial charge in [-0.2, -0.15) is 18.3 Å². The van der Waals surface area contributed by atoms with Gasteiger partial charge in [0.2, 0.25) is 5.91 Å². The number of carbonyl (C=O) groups is 1. The van der Waals surface area contributed by atoms with Crippen LogP contribution in [0.4, 0.5) is 24.9 Å². The van der Waals surface area contributed by atoms with Crippen LogP contribution in [0.5, 0.6) is 0 Å². The SMILES string of the molecule is C[C@H](N)C(=O)NCc1cccc(-n2nc(C(F)(F)F)cc2-c2nnc(Nc3cccc4ncsc34)o2)c1. The molecule has 0 spiro atoms. The molecule has 3 heterocycles. The van der Waals surface area contributed by atoms with Crippen molar-refractivity contribution in [2.75, 3.05) is 5.32 Å². The molecule has 14 heteroatoms. The van der Waals surface area contributed by atoms with Crippen molar-refractivity contribution in [3.05, 3.63) is 65.3 Å². The van der Waals surface area contributed by atoms with E-state index >= 15 is 0 Å². The number of hydrogen-bond acceptors (Lipinski definition) is 9. The minimum atomic E-state index is -4.70. The third kappa shape index (κ3) is 5.15. The molecule has 0 unspecified atom stereocenters. The van der Waals surface area contributed by atoms with Crippen molar-refractivity contribution in [2.24, 2.45) is 5.73 Å². The van der Waals surface area contributed by atoms with E-state index in [0.717, 1.165) is 21.0 Å². The first-order valence-corrected chi connectivity index (χ1v) is 11.8. The van der Waals surface area contributed by atoms with Gasteiger partial charge in [-0.3, -0.25) is 4.79 Å². The average molecular weight is 529 g/mol. The second-order valence-electron chi connectivity index (χ2n) is 8.04. The molecule has 0 saturated heterocycles. The second kappa shape index (κ2) is 9.63. The van der Waals surface area contributed by atoms with Crippen LogP contribution < -0.4 is 16.4 Å². The Labute approximate surface area is 211 Å². The van der Waals surface area contributed by atoms with Crippen LogP contribution in [0, 0.1) is 0 Å². The number of alkyl halides is 3. The summed E-state index contributed by atoms with van der Waals surface area (Å²) in [6.45, 7) is 1.68. The summed E-state index contributed by atoms with van der Waals surface area (Å²) in [6, 6.07) is 12.1. The van der Waals surface area contributed by atoms with Gasteiger partial charge in [0.25, 0.3) is 5.89 Å². The number of thiazole rings is 1. The number of benzene rings is 2. The highest BCUT2D eigenvalue weighted by molar-refractivity contribution is 7.17. The monoisotopic (exact) mass is 528 g/mol. The van der Waals surface area contributed by atoms with Crippen LogP contribution in [0.25, 0.3) is 27.5 Å². The molecule has 4 N–H and O–H groups in total. The predicted molar refractivity (Wildman–Crippen MR) is 130 cm³/mol. The Bertz CT molecular complexity index is 1570. The number of nitrogens with zero attached hydrogens (tertiary/aromatic N) is 5. The van der Waals surface area contributed by atoms with E-state index in [2.05, 4.69) is 30.9 Å². The second-order valence-corrected chi connectivity index (χ2v) is 8.90. The van der Waals surface area contributed by atoms with Crippen LogP contribution >= 0.6 is 11.3 Å². The van der Waals surface area contributed by atoms with E-state index in [1.807, 2.05) is 6.07 Å². The van der Waals surface area contributed by atoms with Crippen molar-refractivity contribution in [3.63, 3.8) is 0 Å². The third-order valence-electron chi connectivity index (χ3n) is 5.28. The first-order valence-electron chi connectivity index (χ1n) is 10.9. The maximum absolute atomic E-state index is 13.6. The molecule has 0 saturated carbocycles. The van der Waals surface area contributed by atoms with Crippen molar-refractivity contribution in [1.29, 1.82) is 0 Å². The Morgan fingerprint density at radius 3 is 2.78 bits per heavy atom. The van der Waals surface area contributed by atoms with Gasteiger partial charge in [0.15, 0.2) is 5.69 Å². The highest BCUT2D eigenvalue weighted by atomic mass is 32.1. The summed E-state index contributed by atoms with van der Waals surface area (Å²) in [5.74, 6) is -0.526. The van der Waals surface area contributed by atoms with E-state index in [-0.39, 0.29) is 30.1 Å². The summed E-state index contributed by atoms with van der Waals surface area (Å²) in [6.07, 6.45) is -4.70. The molecule has 0 aliphatic carbocycles. The molecule has 0 fully saturated rings. The van der Waals surface area contributed by atoms with Crippen LogP contribution in [0.3, 0.4) is 0 Å². The van der Waals surface area contributed by atoms with Gasteiger partial charge in [-0.25, -0.2) is 9.67 Å². The third-order valence-corrected chi connectivity index (χ3v) is 6.15. The number of fused-ring (bicyclic) bond motifs is 1. The fraction of sp³-hybridized carbons (Fsp3) is 0.174. The van der Waals surface area contributed by atoms with Crippen LogP contribution in [-0.4, -0.2) is 36.9 Å². The van der Waals surface area contributed by atoms with Gasteiger partial charge in [0.1, 0.15) is 5.69 Å². The fourth-order valence-corrected chi connectivity index (χ4v) is 4.25. The molecule has 0 radical (unpaired) electrons. The topological polar surface area (TPSA) is 137 Å². The maximum atomic E-state index is 13.6. The molecular formula is C23H19F3N8O2S. The Hall–Kier alpha value is -4.30. The zero-order chi connectivity index (χ0) is 26.2. The molecule has 10 nitrogen and oxygen atoms in total. The quantitative estimate of drug-likeness (QED) is 0.285. The van der Waals surface area contributed by atoms with Gasteiger partial charge < -0.3 is 20.8 Å². The first-order chi connectivity index (χ1) is 17.7. The van der Waals surface area contributed by atoms with Gasteiger partial charge in [0.05, 0.1) is 33.1 Å². The average Bonchev–Trinajstić information content (AvgIpc) is 3.61. The van der Waals surface area contributed by atoms with Crippen molar-refractivity contribution in [3.8, 4) is 17.3 Å². The number of aromatic nitrogens is 5. The molecule has 2 aromatic carbocycles. The summed E-state index contributed by atoms with van der Waals surface area (Å²) in [7, 11) is 0. The van der Waals surface area contributed by atoms with Crippen LogP contribution in [0.1, 0.15) is 18.2 Å². The van der Waals surface area contributed by atoms with E-state index in [0.29, 0.717) is 16.9 Å². The largest absolute Gasteiger partial charge is 0.435 e. The van der Waals surface area contributed by atoms with Gasteiger partial charge in [-0.15, -0.1) is 16.4 Å². The number of halogens is 3. The normalized spacial score (nSPS) is 12.6. The Balaban J connectivity index is 1.48. The summed E-state index contributed by atoms with van der Waals surface area (Å²) < 4.78 is 48.3. The summed E-state index contributed by atoms with van der Waals surface area (Å²) in [4.78, 5) is 16.0. The molecule has 5 aromatic rings. The lowest BCUT2D eigenvalue weighted by Crippen LogP contribution is -2.37. The van der Waals surface area contributed by atoms with Gasteiger partial charge in [-0.1, -0.05) is 23.3 Å². The van der Waals surface area contributed by atoms with Crippen molar-refractivity contribution >= 4 is 39.2 Å². The van der Waals surface area contributed by atoms with Crippen LogP contribution in [0.2, 0.25) is 0 Å².